The topological polar surface area (TPSA) is 87.2 Å². The fourth-order valence-electron chi connectivity index (χ4n) is 4.07. The largest absolute Gasteiger partial charge is 0.349 e. The smallest absolute Gasteiger partial charge is 0.253 e. The van der Waals surface area contributed by atoms with Crippen molar-refractivity contribution in [2.24, 2.45) is 5.41 Å². The molecule has 0 aliphatic carbocycles. The van der Waals surface area contributed by atoms with E-state index in [0.29, 0.717) is 29.2 Å². The molecule has 0 saturated carbocycles. The Morgan fingerprint density at radius 1 is 1.06 bits per heavy atom. The van der Waals surface area contributed by atoms with E-state index in [1.807, 2.05) is 32.9 Å². The van der Waals surface area contributed by atoms with Crippen LogP contribution in [0.1, 0.15) is 49.5 Å². The predicted octanol–water partition coefficient (Wildman–Crippen LogP) is 4.66. The van der Waals surface area contributed by atoms with Gasteiger partial charge in [-0.05, 0) is 43.2 Å². The lowest BCUT2D eigenvalue weighted by molar-refractivity contribution is -0.123. The number of benzene rings is 1. The molecule has 1 aliphatic rings. The van der Waals surface area contributed by atoms with Gasteiger partial charge in [-0.1, -0.05) is 39.0 Å². The maximum atomic E-state index is 13.5. The molecule has 3 aromatic rings. The summed E-state index contributed by atoms with van der Waals surface area (Å²) in [7, 11) is 0. The van der Waals surface area contributed by atoms with Gasteiger partial charge in [0.25, 0.3) is 5.91 Å². The van der Waals surface area contributed by atoms with E-state index in [0.717, 1.165) is 31.5 Å². The van der Waals surface area contributed by atoms with E-state index in [-0.39, 0.29) is 23.7 Å². The van der Waals surface area contributed by atoms with Crippen LogP contribution in [-0.4, -0.2) is 45.8 Å². The molecule has 0 unspecified atom stereocenters. The van der Waals surface area contributed by atoms with Crippen LogP contribution in [0.5, 0.6) is 0 Å². The third-order valence-corrected chi connectivity index (χ3v) is 6.27. The van der Waals surface area contributed by atoms with E-state index in [2.05, 4.69) is 25.5 Å². The summed E-state index contributed by atoms with van der Waals surface area (Å²) in [6.45, 7) is 7.95. The molecule has 1 aliphatic heterocycles. The van der Waals surface area contributed by atoms with Gasteiger partial charge in [0.2, 0.25) is 5.91 Å². The number of carbonyl (C=O) groups is 2. The molecule has 188 valence electrons. The quantitative estimate of drug-likeness (QED) is 0.526. The molecule has 1 saturated heterocycles. The Labute approximate surface area is 211 Å². The standard InChI is InChI=1S/C28H32FN5O2/c1-28(2,3)27(36)33-25-21(7-5-13-30-25)18-34-14-11-23(12-15-34)32-26(35)20-9-10-24(31-17-20)19-6-4-8-22(29)16-19/h4-10,13,16-17,23H,11-12,14-15,18H2,1-3H3,(H,32,35)(H,30,33,36). The third kappa shape index (κ3) is 6.51. The lowest BCUT2D eigenvalue weighted by Gasteiger charge is -2.32. The van der Waals surface area contributed by atoms with E-state index in [9.17, 15) is 14.0 Å². The lowest BCUT2D eigenvalue weighted by Crippen LogP contribution is -2.44. The molecule has 8 heteroatoms. The minimum atomic E-state index is -0.499. The van der Waals surface area contributed by atoms with Crippen molar-refractivity contribution in [1.82, 2.24) is 20.2 Å². The van der Waals surface area contributed by atoms with E-state index in [1.165, 1.54) is 18.3 Å². The second kappa shape index (κ2) is 11.0. The molecule has 0 atom stereocenters. The van der Waals surface area contributed by atoms with Gasteiger partial charge in [0.05, 0.1) is 11.3 Å². The Morgan fingerprint density at radius 2 is 1.83 bits per heavy atom. The maximum Gasteiger partial charge on any atom is 0.253 e. The van der Waals surface area contributed by atoms with Crippen molar-refractivity contribution in [1.29, 1.82) is 0 Å². The normalized spacial score (nSPS) is 14.9. The number of hydrogen-bond acceptors (Lipinski definition) is 5. The zero-order valence-corrected chi connectivity index (χ0v) is 20.9. The van der Waals surface area contributed by atoms with Gasteiger partial charge in [0.1, 0.15) is 11.6 Å². The Hall–Kier alpha value is -3.65. The maximum absolute atomic E-state index is 13.5. The zero-order chi connectivity index (χ0) is 25.7. The highest BCUT2D eigenvalue weighted by Gasteiger charge is 2.25. The van der Waals surface area contributed by atoms with Crippen LogP contribution >= 0.6 is 0 Å². The van der Waals surface area contributed by atoms with Crippen LogP contribution in [-0.2, 0) is 11.3 Å². The van der Waals surface area contributed by atoms with Gasteiger partial charge in [-0.2, -0.15) is 0 Å². The molecule has 2 N–H and O–H groups in total. The lowest BCUT2D eigenvalue weighted by atomic mass is 9.95. The van der Waals surface area contributed by atoms with Crippen LogP contribution < -0.4 is 10.6 Å². The van der Waals surface area contributed by atoms with Gasteiger partial charge in [-0.25, -0.2) is 9.37 Å². The number of aromatic nitrogens is 2. The second-order valence-corrected chi connectivity index (χ2v) is 10.2. The number of carbonyl (C=O) groups excluding carboxylic acids is 2. The molecular weight excluding hydrogens is 457 g/mol. The number of halogens is 1. The average molecular weight is 490 g/mol. The summed E-state index contributed by atoms with van der Waals surface area (Å²) in [6.07, 6.45) is 4.86. The van der Waals surface area contributed by atoms with Gasteiger partial charge >= 0.3 is 0 Å². The van der Waals surface area contributed by atoms with Crippen LogP contribution in [0.2, 0.25) is 0 Å². The predicted molar refractivity (Wildman–Crippen MR) is 138 cm³/mol. The first-order valence-corrected chi connectivity index (χ1v) is 12.2. The number of amides is 2. The summed E-state index contributed by atoms with van der Waals surface area (Å²) >= 11 is 0. The number of hydrogen-bond donors (Lipinski definition) is 2. The summed E-state index contributed by atoms with van der Waals surface area (Å²) in [4.78, 5) is 36.2. The fraction of sp³-hybridized carbons (Fsp3) is 0.357. The number of nitrogens with zero attached hydrogens (tertiary/aromatic N) is 3. The Morgan fingerprint density at radius 3 is 2.50 bits per heavy atom. The average Bonchev–Trinajstić information content (AvgIpc) is 2.86. The molecule has 1 fully saturated rings. The SMILES string of the molecule is CC(C)(C)C(=O)Nc1ncccc1CN1CCC(NC(=O)c2ccc(-c3cccc(F)c3)nc2)CC1. The van der Waals surface area contributed by atoms with Crippen molar-refractivity contribution in [3.05, 3.63) is 77.9 Å². The third-order valence-electron chi connectivity index (χ3n) is 6.27. The van der Waals surface area contributed by atoms with Crippen molar-refractivity contribution in [2.75, 3.05) is 18.4 Å². The van der Waals surface area contributed by atoms with Gasteiger partial charge in [-0.3, -0.25) is 19.5 Å². The van der Waals surface area contributed by atoms with Crippen molar-refractivity contribution in [2.45, 2.75) is 46.2 Å². The minimum absolute atomic E-state index is 0.0673. The number of likely N-dealkylation sites (tertiary alicyclic amines) is 1. The molecule has 3 heterocycles. The first-order valence-electron chi connectivity index (χ1n) is 12.2. The number of piperidine rings is 1. The number of nitrogens with one attached hydrogen (secondary N) is 2. The number of pyridine rings is 2. The molecule has 2 aromatic heterocycles. The minimum Gasteiger partial charge on any atom is -0.349 e. The highest BCUT2D eigenvalue weighted by Crippen LogP contribution is 2.22. The van der Waals surface area contributed by atoms with Gasteiger partial charge in [0.15, 0.2) is 0 Å². The Bertz CT molecular complexity index is 1220. The summed E-state index contributed by atoms with van der Waals surface area (Å²) in [5, 5.41) is 6.06. The van der Waals surface area contributed by atoms with Gasteiger partial charge < -0.3 is 10.6 Å². The Balaban J connectivity index is 1.29. The molecular formula is C28H32FN5O2. The second-order valence-electron chi connectivity index (χ2n) is 10.2. The zero-order valence-electron chi connectivity index (χ0n) is 20.9. The first kappa shape index (κ1) is 25.4. The molecule has 0 radical (unpaired) electrons. The van der Waals surface area contributed by atoms with Crippen LogP contribution in [0, 0.1) is 11.2 Å². The monoisotopic (exact) mass is 489 g/mol. The molecule has 2 amide bonds. The summed E-state index contributed by atoms with van der Waals surface area (Å²) in [5.74, 6) is 0.0485. The molecule has 1 aromatic carbocycles. The number of anilines is 1. The van der Waals surface area contributed by atoms with Crippen molar-refractivity contribution >= 4 is 17.6 Å². The van der Waals surface area contributed by atoms with Crippen LogP contribution in [0.25, 0.3) is 11.3 Å². The molecule has 0 spiro atoms. The highest BCUT2D eigenvalue weighted by atomic mass is 19.1. The van der Waals surface area contributed by atoms with Crippen molar-refractivity contribution in [3.8, 4) is 11.3 Å². The summed E-state index contributed by atoms with van der Waals surface area (Å²) < 4.78 is 13.5. The fourth-order valence-corrected chi connectivity index (χ4v) is 4.07. The van der Waals surface area contributed by atoms with Crippen molar-refractivity contribution < 1.29 is 14.0 Å². The number of rotatable bonds is 6. The molecule has 4 rings (SSSR count). The van der Waals surface area contributed by atoms with Gasteiger partial charge in [-0.15, -0.1) is 0 Å². The highest BCUT2D eigenvalue weighted by molar-refractivity contribution is 5.94. The van der Waals surface area contributed by atoms with Crippen LogP contribution in [0.15, 0.2) is 60.9 Å². The Kier molecular flexibility index (Phi) is 7.74. The van der Waals surface area contributed by atoms with E-state index in [4.69, 9.17) is 0 Å². The van der Waals surface area contributed by atoms with Gasteiger partial charge in [0, 0.05) is 54.6 Å². The van der Waals surface area contributed by atoms with E-state index < -0.39 is 5.41 Å². The molecule has 36 heavy (non-hydrogen) atoms. The first-order chi connectivity index (χ1) is 17.2. The van der Waals surface area contributed by atoms with Crippen LogP contribution in [0.3, 0.4) is 0 Å². The summed E-state index contributed by atoms with van der Waals surface area (Å²) in [6, 6.07) is 13.6. The van der Waals surface area contributed by atoms with Crippen molar-refractivity contribution in [3.63, 3.8) is 0 Å². The molecule has 0 bridgehead atoms. The van der Waals surface area contributed by atoms with E-state index in [1.54, 1.807) is 30.5 Å². The van der Waals surface area contributed by atoms with Crippen LogP contribution in [0.4, 0.5) is 10.2 Å². The molecule has 7 nitrogen and oxygen atoms in total. The summed E-state index contributed by atoms with van der Waals surface area (Å²) in [5.41, 5.74) is 2.24. The van der Waals surface area contributed by atoms with E-state index >= 15 is 0 Å².